The van der Waals surface area contributed by atoms with Crippen molar-refractivity contribution < 1.29 is 0 Å². The lowest BCUT2D eigenvalue weighted by molar-refractivity contribution is 0.416. The van der Waals surface area contributed by atoms with Gasteiger partial charge in [-0.05, 0) is 27.1 Å². The van der Waals surface area contributed by atoms with Crippen molar-refractivity contribution in [2.24, 2.45) is 0 Å². The normalized spacial score (nSPS) is 11.7. The van der Waals surface area contributed by atoms with Gasteiger partial charge in [-0.1, -0.05) is 6.92 Å². The van der Waals surface area contributed by atoms with Crippen LogP contribution >= 0.6 is 11.3 Å². The van der Waals surface area contributed by atoms with Gasteiger partial charge in [0.25, 0.3) is 0 Å². The summed E-state index contributed by atoms with van der Waals surface area (Å²) in [5, 5.41) is 5.58. The van der Waals surface area contributed by atoms with Crippen molar-refractivity contribution in [3.8, 4) is 0 Å². The molecule has 0 atom stereocenters. The molecule has 0 radical (unpaired) electrons. The number of hydrogen-bond donors (Lipinski definition) is 1. The van der Waals surface area contributed by atoms with Gasteiger partial charge >= 0.3 is 0 Å². The molecule has 0 aliphatic rings. The van der Waals surface area contributed by atoms with Gasteiger partial charge in [-0.3, -0.25) is 4.40 Å². The van der Waals surface area contributed by atoms with Gasteiger partial charge < -0.3 is 15.1 Å². The fraction of sp³-hybridized carbons (Fsp3) is 0.643. The van der Waals surface area contributed by atoms with E-state index in [0.29, 0.717) is 0 Å². The lowest BCUT2D eigenvalue weighted by Gasteiger charge is -2.20. The maximum absolute atomic E-state index is 4.78. The molecule has 5 nitrogen and oxygen atoms in total. The van der Waals surface area contributed by atoms with Crippen molar-refractivity contribution in [3.63, 3.8) is 0 Å². The molecule has 0 aromatic carbocycles. The van der Waals surface area contributed by atoms with Gasteiger partial charge in [-0.25, -0.2) is 4.98 Å². The average Bonchev–Trinajstić information content (AvgIpc) is 2.98. The van der Waals surface area contributed by atoms with Crippen LogP contribution < -0.4 is 10.2 Å². The van der Waals surface area contributed by atoms with Gasteiger partial charge in [-0.2, -0.15) is 0 Å². The molecule has 0 saturated heterocycles. The van der Waals surface area contributed by atoms with Crippen LogP contribution in [0, 0.1) is 0 Å². The minimum atomic E-state index is 0.868. The summed E-state index contributed by atoms with van der Waals surface area (Å²) in [5.74, 6) is 1.10. The van der Waals surface area contributed by atoms with Gasteiger partial charge in [0, 0.05) is 38.3 Å². The molecule has 2 rings (SSSR count). The standard InChI is InChI=1S/C14H25N5S/c1-5-6-15-11-12-13(18(4)8-7-17(2)3)16-14-19(12)9-10-20-14/h9-10,15H,5-8,11H2,1-4H3. The molecule has 20 heavy (non-hydrogen) atoms. The zero-order chi connectivity index (χ0) is 14.5. The number of likely N-dealkylation sites (N-methyl/N-ethyl adjacent to an activating group) is 2. The minimum Gasteiger partial charge on any atom is -0.357 e. The third-order valence-electron chi connectivity index (χ3n) is 3.30. The third kappa shape index (κ3) is 3.50. The summed E-state index contributed by atoms with van der Waals surface area (Å²) in [7, 11) is 6.33. The van der Waals surface area contributed by atoms with Gasteiger partial charge in [0.1, 0.15) is 0 Å². The number of hydrogen-bond acceptors (Lipinski definition) is 5. The van der Waals surface area contributed by atoms with Crippen LogP contribution in [0.2, 0.25) is 0 Å². The zero-order valence-electron chi connectivity index (χ0n) is 12.9. The Morgan fingerprint density at radius 1 is 1.30 bits per heavy atom. The average molecular weight is 295 g/mol. The monoisotopic (exact) mass is 295 g/mol. The topological polar surface area (TPSA) is 35.8 Å². The molecular formula is C14H25N5S. The molecule has 1 N–H and O–H groups in total. The van der Waals surface area contributed by atoms with Crippen LogP contribution in [-0.4, -0.2) is 55.1 Å². The second-order valence-corrected chi connectivity index (χ2v) is 6.21. The Morgan fingerprint density at radius 3 is 2.80 bits per heavy atom. The summed E-state index contributed by atoms with van der Waals surface area (Å²) in [6.45, 7) is 6.11. The predicted molar refractivity (Wildman–Crippen MR) is 86.9 cm³/mol. The summed E-state index contributed by atoms with van der Waals surface area (Å²) >= 11 is 1.69. The summed E-state index contributed by atoms with van der Waals surface area (Å²) in [6, 6.07) is 0. The number of rotatable bonds is 8. The van der Waals surface area contributed by atoms with Crippen molar-refractivity contribution in [1.29, 1.82) is 0 Å². The fourth-order valence-electron chi connectivity index (χ4n) is 2.13. The van der Waals surface area contributed by atoms with E-state index in [-0.39, 0.29) is 0 Å². The molecule has 0 amide bonds. The molecular weight excluding hydrogens is 270 g/mol. The Bertz CT molecular complexity index is 531. The number of nitrogens with one attached hydrogen (secondary N) is 1. The number of thiazole rings is 1. The second kappa shape index (κ2) is 7.06. The maximum Gasteiger partial charge on any atom is 0.195 e. The first-order valence-electron chi connectivity index (χ1n) is 7.14. The van der Waals surface area contributed by atoms with Crippen LogP contribution in [-0.2, 0) is 6.54 Å². The molecule has 6 heteroatoms. The molecule has 0 aliphatic carbocycles. The van der Waals surface area contributed by atoms with Crippen LogP contribution in [0.4, 0.5) is 5.82 Å². The van der Waals surface area contributed by atoms with Crippen LogP contribution in [0.25, 0.3) is 4.96 Å². The number of aromatic nitrogens is 2. The molecule has 0 unspecified atom stereocenters. The quantitative estimate of drug-likeness (QED) is 0.755. The van der Waals surface area contributed by atoms with Crippen LogP contribution in [0.1, 0.15) is 19.0 Å². The minimum absolute atomic E-state index is 0.868. The molecule has 0 bridgehead atoms. The van der Waals surface area contributed by atoms with Crippen molar-refractivity contribution in [1.82, 2.24) is 19.6 Å². The lowest BCUT2D eigenvalue weighted by Crippen LogP contribution is -2.30. The Morgan fingerprint density at radius 2 is 2.10 bits per heavy atom. The number of nitrogens with zero attached hydrogens (tertiary/aromatic N) is 4. The van der Waals surface area contributed by atoms with Gasteiger partial charge in [0.15, 0.2) is 10.8 Å². The van der Waals surface area contributed by atoms with Crippen LogP contribution in [0.15, 0.2) is 11.6 Å². The molecule has 2 aromatic rings. The maximum atomic E-state index is 4.78. The van der Waals surface area contributed by atoms with Gasteiger partial charge in [0.05, 0.1) is 5.69 Å². The Hall–Kier alpha value is -1.11. The third-order valence-corrected chi connectivity index (χ3v) is 4.06. The highest BCUT2D eigenvalue weighted by molar-refractivity contribution is 7.15. The summed E-state index contributed by atoms with van der Waals surface area (Å²) < 4.78 is 2.20. The number of imidazole rings is 1. The zero-order valence-corrected chi connectivity index (χ0v) is 13.7. The molecule has 0 spiro atoms. The van der Waals surface area contributed by atoms with E-state index in [0.717, 1.165) is 43.4 Å². The van der Waals surface area contributed by atoms with Crippen molar-refractivity contribution >= 4 is 22.1 Å². The van der Waals surface area contributed by atoms with Crippen LogP contribution in [0.3, 0.4) is 0 Å². The van der Waals surface area contributed by atoms with E-state index in [1.807, 2.05) is 0 Å². The molecule has 2 heterocycles. The first-order valence-corrected chi connectivity index (χ1v) is 8.02. The Labute approximate surface area is 125 Å². The summed E-state index contributed by atoms with van der Waals surface area (Å²) in [6.07, 6.45) is 3.26. The van der Waals surface area contributed by atoms with E-state index in [1.165, 1.54) is 5.69 Å². The van der Waals surface area contributed by atoms with Crippen molar-refractivity contribution in [3.05, 3.63) is 17.3 Å². The van der Waals surface area contributed by atoms with E-state index in [4.69, 9.17) is 4.98 Å². The first-order chi connectivity index (χ1) is 9.63. The molecule has 2 aromatic heterocycles. The molecule has 0 fully saturated rings. The van der Waals surface area contributed by atoms with E-state index in [1.54, 1.807) is 11.3 Å². The fourth-order valence-corrected chi connectivity index (χ4v) is 2.86. The largest absolute Gasteiger partial charge is 0.357 e. The smallest absolute Gasteiger partial charge is 0.195 e. The molecule has 112 valence electrons. The van der Waals surface area contributed by atoms with E-state index < -0.39 is 0 Å². The number of anilines is 1. The summed E-state index contributed by atoms with van der Waals surface area (Å²) in [4.78, 5) is 10.3. The molecule has 0 saturated carbocycles. The SMILES string of the molecule is CCCNCc1c(N(C)CCN(C)C)nc2sccn12. The highest BCUT2D eigenvalue weighted by Gasteiger charge is 2.16. The Kier molecular flexibility index (Phi) is 5.39. The second-order valence-electron chi connectivity index (χ2n) is 5.34. The first kappa shape index (κ1) is 15.3. The summed E-state index contributed by atoms with van der Waals surface area (Å²) in [5.41, 5.74) is 1.26. The van der Waals surface area contributed by atoms with Crippen molar-refractivity contribution in [2.45, 2.75) is 19.9 Å². The van der Waals surface area contributed by atoms with E-state index in [9.17, 15) is 0 Å². The predicted octanol–water partition coefficient (Wildman–Crippen LogP) is 1.89. The Balaban J connectivity index is 2.17. The van der Waals surface area contributed by atoms with E-state index in [2.05, 4.69) is 59.2 Å². The van der Waals surface area contributed by atoms with Crippen LogP contribution in [0.5, 0.6) is 0 Å². The van der Waals surface area contributed by atoms with Crippen molar-refractivity contribution in [2.75, 3.05) is 45.7 Å². The highest BCUT2D eigenvalue weighted by Crippen LogP contribution is 2.23. The van der Waals surface area contributed by atoms with E-state index >= 15 is 0 Å². The van der Waals surface area contributed by atoms with Gasteiger partial charge in [-0.15, -0.1) is 11.3 Å². The number of fused-ring (bicyclic) bond motifs is 1. The van der Waals surface area contributed by atoms with Gasteiger partial charge in [0.2, 0.25) is 0 Å². The lowest BCUT2D eigenvalue weighted by atomic mass is 10.3. The molecule has 0 aliphatic heterocycles. The highest BCUT2D eigenvalue weighted by atomic mass is 32.1.